The Hall–Kier alpha value is -0.330. The van der Waals surface area contributed by atoms with E-state index in [1.165, 1.54) is 51.4 Å². The normalized spacial score (nSPS) is 33.1. The molecule has 2 aliphatic rings. The first-order valence-electron chi connectivity index (χ1n) is 6.80. The summed E-state index contributed by atoms with van der Waals surface area (Å²) in [6.07, 6.45) is 11.3. The zero-order chi connectivity index (χ0) is 10.7. The van der Waals surface area contributed by atoms with Gasteiger partial charge in [-0.3, -0.25) is 4.79 Å². The molecule has 15 heavy (non-hydrogen) atoms. The van der Waals surface area contributed by atoms with Crippen LogP contribution in [0.5, 0.6) is 0 Å². The SMILES string of the molecule is CC1CCCCC1C(=O)CC1CCCC1. The molecule has 0 aromatic heterocycles. The van der Waals surface area contributed by atoms with Crippen LogP contribution < -0.4 is 0 Å². The van der Waals surface area contributed by atoms with Gasteiger partial charge < -0.3 is 0 Å². The molecule has 0 heterocycles. The van der Waals surface area contributed by atoms with Crippen molar-refractivity contribution in [3.8, 4) is 0 Å². The van der Waals surface area contributed by atoms with Crippen LogP contribution in [0.15, 0.2) is 0 Å². The van der Waals surface area contributed by atoms with Crippen molar-refractivity contribution >= 4 is 5.78 Å². The lowest BCUT2D eigenvalue weighted by molar-refractivity contribution is -0.126. The lowest BCUT2D eigenvalue weighted by Gasteiger charge is -2.28. The Labute approximate surface area is 93.6 Å². The van der Waals surface area contributed by atoms with Gasteiger partial charge >= 0.3 is 0 Å². The smallest absolute Gasteiger partial charge is 0.136 e. The first-order valence-corrected chi connectivity index (χ1v) is 6.80. The molecular formula is C14H24O. The van der Waals surface area contributed by atoms with Gasteiger partial charge in [-0.15, -0.1) is 0 Å². The van der Waals surface area contributed by atoms with Crippen LogP contribution >= 0.6 is 0 Å². The third kappa shape index (κ3) is 2.83. The minimum Gasteiger partial charge on any atom is -0.299 e. The maximum absolute atomic E-state index is 12.2. The van der Waals surface area contributed by atoms with Crippen molar-refractivity contribution in [3.63, 3.8) is 0 Å². The van der Waals surface area contributed by atoms with E-state index >= 15 is 0 Å². The number of carbonyl (C=O) groups is 1. The zero-order valence-corrected chi connectivity index (χ0v) is 10.0. The zero-order valence-electron chi connectivity index (χ0n) is 10.0. The highest BCUT2D eigenvalue weighted by atomic mass is 16.1. The maximum atomic E-state index is 12.2. The van der Waals surface area contributed by atoms with Gasteiger partial charge in [0, 0.05) is 12.3 Å². The van der Waals surface area contributed by atoms with E-state index in [1.807, 2.05) is 0 Å². The molecule has 0 aromatic rings. The average molecular weight is 208 g/mol. The van der Waals surface area contributed by atoms with Gasteiger partial charge in [0.25, 0.3) is 0 Å². The van der Waals surface area contributed by atoms with Crippen molar-refractivity contribution in [2.75, 3.05) is 0 Å². The number of ketones is 1. The van der Waals surface area contributed by atoms with Crippen LogP contribution in [0.2, 0.25) is 0 Å². The Morgan fingerprint density at radius 2 is 1.60 bits per heavy atom. The molecule has 0 aromatic carbocycles. The highest BCUT2D eigenvalue weighted by molar-refractivity contribution is 5.81. The Balaban J connectivity index is 1.83. The lowest BCUT2D eigenvalue weighted by Crippen LogP contribution is -2.26. The molecule has 1 nitrogen and oxygen atoms in total. The van der Waals surface area contributed by atoms with Crippen LogP contribution in [0, 0.1) is 17.8 Å². The summed E-state index contributed by atoms with van der Waals surface area (Å²) < 4.78 is 0. The maximum Gasteiger partial charge on any atom is 0.136 e. The van der Waals surface area contributed by atoms with E-state index in [1.54, 1.807) is 0 Å². The summed E-state index contributed by atoms with van der Waals surface area (Å²) in [6.45, 7) is 2.27. The summed E-state index contributed by atoms with van der Waals surface area (Å²) in [6, 6.07) is 0. The Bertz CT molecular complexity index is 215. The van der Waals surface area contributed by atoms with Crippen molar-refractivity contribution in [2.24, 2.45) is 17.8 Å². The summed E-state index contributed by atoms with van der Waals surface area (Å²) >= 11 is 0. The van der Waals surface area contributed by atoms with Crippen molar-refractivity contribution in [3.05, 3.63) is 0 Å². The van der Waals surface area contributed by atoms with Gasteiger partial charge in [-0.25, -0.2) is 0 Å². The summed E-state index contributed by atoms with van der Waals surface area (Å²) in [7, 11) is 0. The Morgan fingerprint density at radius 1 is 1.00 bits per heavy atom. The summed E-state index contributed by atoms with van der Waals surface area (Å²) in [5, 5.41) is 0. The number of hydrogen-bond donors (Lipinski definition) is 0. The Morgan fingerprint density at radius 3 is 2.27 bits per heavy atom. The first-order chi connectivity index (χ1) is 7.27. The highest BCUT2D eigenvalue weighted by Crippen LogP contribution is 2.34. The van der Waals surface area contributed by atoms with Crippen molar-refractivity contribution in [1.82, 2.24) is 0 Å². The molecule has 0 N–H and O–H groups in total. The second-order valence-electron chi connectivity index (χ2n) is 5.69. The molecule has 2 saturated carbocycles. The standard InChI is InChI=1S/C14H24O/c1-11-6-2-5-9-13(11)14(15)10-12-7-3-4-8-12/h11-13H,2-10H2,1H3. The number of carbonyl (C=O) groups excluding carboxylic acids is 1. The van der Waals surface area contributed by atoms with E-state index < -0.39 is 0 Å². The van der Waals surface area contributed by atoms with Crippen molar-refractivity contribution in [1.29, 1.82) is 0 Å². The molecule has 0 amide bonds. The third-order valence-electron chi connectivity index (χ3n) is 4.49. The van der Waals surface area contributed by atoms with Crippen LogP contribution in [-0.2, 0) is 4.79 Å². The number of Topliss-reactive ketones (excluding diaryl/α,β-unsaturated/α-hetero) is 1. The van der Waals surface area contributed by atoms with Gasteiger partial charge in [0.05, 0.1) is 0 Å². The second-order valence-corrected chi connectivity index (χ2v) is 5.69. The predicted molar refractivity (Wildman–Crippen MR) is 62.7 cm³/mol. The van der Waals surface area contributed by atoms with E-state index in [-0.39, 0.29) is 0 Å². The van der Waals surface area contributed by atoms with Crippen LogP contribution in [-0.4, -0.2) is 5.78 Å². The molecule has 1 heteroatoms. The molecular weight excluding hydrogens is 184 g/mol. The molecule has 2 unspecified atom stereocenters. The summed E-state index contributed by atoms with van der Waals surface area (Å²) in [4.78, 5) is 12.2. The fourth-order valence-corrected chi connectivity index (χ4v) is 3.44. The van der Waals surface area contributed by atoms with Gasteiger partial charge in [0.15, 0.2) is 0 Å². The number of rotatable bonds is 3. The first kappa shape index (κ1) is 11.2. The summed E-state index contributed by atoms with van der Waals surface area (Å²) in [5.41, 5.74) is 0. The van der Waals surface area contributed by atoms with E-state index in [4.69, 9.17) is 0 Å². The molecule has 86 valence electrons. The molecule has 0 bridgehead atoms. The quantitative estimate of drug-likeness (QED) is 0.686. The van der Waals surface area contributed by atoms with Crippen LogP contribution in [0.4, 0.5) is 0 Å². The van der Waals surface area contributed by atoms with Crippen LogP contribution in [0.3, 0.4) is 0 Å². The van der Waals surface area contributed by atoms with Gasteiger partial charge in [0.2, 0.25) is 0 Å². The van der Waals surface area contributed by atoms with E-state index in [0.717, 1.165) is 12.3 Å². The highest BCUT2D eigenvalue weighted by Gasteiger charge is 2.29. The second kappa shape index (κ2) is 5.14. The van der Waals surface area contributed by atoms with Gasteiger partial charge in [-0.2, -0.15) is 0 Å². The molecule has 2 atom stereocenters. The van der Waals surface area contributed by atoms with Crippen molar-refractivity contribution < 1.29 is 4.79 Å². The number of hydrogen-bond acceptors (Lipinski definition) is 1. The van der Waals surface area contributed by atoms with Crippen LogP contribution in [0.25, 0.3) is 0 Å². The topological polar surface area (TPSA) is 17.1 Å². The predicted octanol–water partition coefficient (Wildman–Crippen LogP) is 3.96. The van der Waals surface area contributed by atoms with Crippen molar-refractivity contribution in [2.45, 2.75) is 64.7 Å². The molecule has 0 aliphatic heterocycles. The van der Waals surface area contributed by atoms with E-state index in [9.17, 15) is 4.79 Å². The molecule has 0 spiro atoms. The molecule has 0 radical (unpaired) electrons. The molecule has 2 fully saturated rings. The minimum absolute atomic E-state index is 0.416. The van der Waals surface area contributed by atoms with Crippen LogP contribution in [0.1, 0.15) is 64.7 Å². The summed E-state index contributed by atoms with van der Waals surface area (Å²) in [5.74, 6) is 2.41. The lowest BCUT2D eigenvalue weighted by atomic mass is 9.76. The molecule has 2 aliphatic carbocycles. The minimum atomic E-state index is 0.416. The van der Waals surface area contributed by atoms with Gasteiger partial charge in [0.1, 0.15) is 5.78 Å². The molecule has 2 rings (SSSR count). The van der Waals surface area contributed by atoms with Gasteiger partial charge in [-0.1, -0.05) is 51.9 Å². The molecule has 0 saturated heterocycles. The largest absolute Gasteiger partial charge is 0.299 e. The third-order valence-corrected chi connectivity index (χ3v) is 4.49. The fourth-order valence-electron chi connectivity index (χ4n) is 3.44. The average Bonchev–Trinajstić information content (AvgIpc) is 2.71. The fraction of sp³-hybridized carbons (Fsp3) is 0.929. The van der Waals surface area contributed by atoms with Gasteiger partial charge in [-0.05, 0) is 18.3 Å². The van der Waals surface area contributed by atoms with E-state index in [2.05, 4.69) is 6.92 Å². The van der Waals surface area contributed by atoms with E-state index in [0.29, 0.717) is 17.6 Å². The monoisotopic (exact) mass is 208 g/mol. The Kier molecular flexibility index (Phi) is 3.82.